The van der Waals surface area contributed by atoms with Gasteiger partial charge in [-0.3, -0.25) is 9.69 Å². The number of nitrogens with one attached hydrogen (secondary N) is 1. The second-order valence-corrected chi connectivity index (χ2v) is 6.96. The van der Waals surface area contributed by atoms with E-state index in [9.17, 15) is 4.79 Å². The van der Waals surface area contributed by atoms with Crippen LogP contribution in [0.15, 0.2) is 18.2 Å². The van der Waals surface area contributed by atoms with E-state index in [4.69, 9.17) is 11.6 Å². The van der Waals surface area contributed by atoms with Gasteiger partial charge in [0.2, 0.25) is 5.91 Å². The molecule has 1 aliphatic heterocycles. The minimum atomic E-state index is -0.117. The summed E-state index contributed by atoms with van der Waals surface area (Å²) in [6, 6.07) is 5.45. The van der Waals surface area contributed by atoms with E-state index < -0.39 is 0 Å². The Morgan fingerprint density at radius 2 is 1.95 bits per heavy atom. The summed E-state index contributed by atoms with van der Waals surface area (Å²) in [5.41, 5.74) is 1.83. The van der Waals surface area contributed by atoms with Crippen molar-refractivity contribution in [1.29, 1.82) is 0 Å². The first-order valence-electron chi connectivity index (χ1n) is 7.68. The Bertz CT molecular complexity index is 508. The molecule has 1 N–H and O–H groups in total. The summed E-state index contributed by atoms with van der Waals surface area (Å²) in [5, 5.41) is 3.66. The standard InChI is InChI=1S/C17H25ClN2O/c1-11-7-12(2)10-20(9-11)14(4)17(21)19-16-8-15(18)6-5-13(16)3/h5-6,8,11-12,14H,7,9-10H2,1-4H3,(H,19,21)/t11-,12-,14-/m0/s1. The van der Waals surface area contributed by atoms with Crippen LogP contribution in [0.4, 0.5) is 5.69 Å². The van der Waals surface area contributed by atoms with Gasteiger partial charge >= 0.3 is 0 Å². The molecule has 21 heavy (non-hydrogen) atoms. The maximum atomic E-state index is 12.5. The molecule has 0 bridgehead atoms. The van der Waals surface area contributed by atoms with E-state index in [0.29, 0.717) is 16.9 Å². The number of piperidine rings is 1. The van der Waals surface area contributed by atoms with Crippen LogP contribution < -0.4 is 5.32 Å². The third kappa shape index (κ3) is 4.21. The number of likely N-dealkylation sites (tertiary alicyclic amines) is 1. The van der Waals surface area contributed by atoms with Crippen molar-refractivity contribution in [2.45, 2.75) is 40.2 Å². The van der Waals surface area contributed by atoms with Crippen LogP contribution >= 0.6 is 11.6 Å². The van der Waals surface area contributed by atoms with Gasteiger partial charge in [-0.15, -0.1) is 0 Å². The molecule has 0 aromatic heterocycles. The van der Waals surface area contributed by atoms with Crippen LogP contribution in [0.2, 0.25) is 5.02 Å². The summed E-state index contributed by atoms with van der Waals surface area (Å²) < 4.78 is 0. The van der Waals surface area contributed by atoms with Gasteiger partial charge in [-0.05, 0) is 49.8 Å². The number of carbonyl (C=O) groups is 1. The number of benzene rings is 1. The lowest BCUT2D eigenvalue weighted by Crippen LogP contribution is -2.48. The Labute approximate surface area is 132 Å². The van der Waals surface area contributed by atoms with E-state index in [1.807, 2.05) is 32.0 Å². The van der Waals surface area contributed by atoms with E-state index >= 15 is 0 Å². The minimum absolute atomic E-state index is 0.0432. The molecule has 1 amide bonds. The number of hydrogen-bond donors (Lipinski definition) is 1. The normalized spacial score (nSPS) is 24.6. The highest BCUT2D eigenvalue weighted by atomic mass is 35.5. The number of aryl methyl sites for hydroxylation is 1. The first kappa shape index (κ1) is 16.3. The van der Waals surface area contributed by atoms with E-state index in [1.165, 1.54) is 6.42 Å². The fourth-order valence-electron chi connectivity index (χ4n) is 3.16. The zero-order chi connectivity index (χ0) is 15.6. The SMILES string of the molecule is Cc1ccc(Cl)cc1NC(=O)[C@H](C)N1C[C@@H](C)C[C@H](C)C1. The summed E-state index contributed by atoms with van der Waals surface area (Å²) in [6.07, 6.45) is 1.25. The molecule has 1 fully saturated rings. The number of carbonyl (C=O) groups excluding carboxylic acids is 1. The number of hydrogen-bond acceptors (Lipinski definition) is 2. The third-order valence-electron chi connectivity index (χ3n) is 4.28. The smallest absolute Gasteiger partial charge is 0.241 e. The van der Waals surface area contributed by atoms with Gasteiger partial charge in [0.1, 0.15) is 0 Å². The molecular formula is C17H25ClN2O. The summed E-state index contributed by atoms with van der Waals surface area (Å²) in [6.45, 7) is 10.5. The molecule has 3 nitrogen and oxygen atoms in total. The first-order valence-corrected chi connectivity index (χ1v) is 8.05. The lowest BCUT2D eigenvalue weighted by molar-refractivity contribution is -0.121. The van der Waals surface area contributed by atoms with Crippen molar-refractivity contribution >= 4 is 23.2 Å². The molecule has 0 radical (unpaired) electrons. The van der Waals surface area contributed by atoms with Crippen LogP contribution in [0.25, 0.3) is 0 Å². The third-order valence-corrected chi connectivity index (χ3v) is 4.52. The van der Waals surface area contributed by atoms with Crippen molar-refractivity contribution in [3.8, 4) is 0 Å². The van der Waals surface area contributed by atoms with E-state index in [-0.39, 0.29) is 11.9 Å². The average molecular weight is 309 g/mol. The number of amides is 1. The molecule has 1 heterocycles. The fraction of sp³-hybridized carbons (Fsp3) is 0.588. The Balaban J connectivity index is 2.04. The molecule has 0 saturated carbocycles. The van der Waals surface area contributed by atoms with Gasteiger partial charge in [-0.25, -0.2) is 0 Å². The number of halogens is 1. The topological polar surface area (TPSA) is 32.3 Å². The largest absolute Gasteiger partial charge is 0.324 e. The molecule has 0 aliphatic carbocycles. The van der Waals surface area contributed by atoms with Gasteiger partial charge in [0.25, 0.3) is 0 Å². The van der Waals surface area contributed by atoms with Gasteiger partial charge in [0.15, 0.2) is 0 Å². The van der Waals surface area contributed by atoms with E-state index in [1.54, 1.807) is 0 Å². The number of nitrogens with zero attached hydrogens (tertiary/aromatic N) is 1. The van der Waals surface area contributed by atoms with Gasteiger partial charge in [0.05, 0.1) is 6.04 Å². The molecule has 116 valence electrons. The van der Waals surface area contributed by atoms with Crippen LogP contribution in [0.3, 0.4) is 0 Å². The Morgan fingerprint density at radius 3 is 2.57 bits per heavy atom. The first-order chi connectivity index (χ1) is 9.86. The van der Waals surface area contributed by atoms with Crippen LogP contribution in [-0.2, 0) is 4.79 Å². The highest BCUT2D eigenvalue weighted by Crippen LogP contribution is 2.24. The molecule has 1 aromatic carbocycles. The molecule has 1 saturated heterocycles. The average Bonchev–Trinajstić information content (AvgIpc) is 2.41. The van der Waals surface area contributed by atoms with Crippen molar-refractivity contribution < 1.29 is 4.79 Å². The summed E-state index contributed by atoms with van der Waals surface area (Å²) in [4.78, 5) is 14.8. The molecule has 1 aromatic rings. The minimum Gasteiger partial charge on any atom is -0.324 e. The highest BCUT2D eigenvalue weighted by Gasteiger charge is 2.28. The van der Waals surface area contributed by atoms with E-state index in [0.717, 1.165) is 24.3 Å². The zero-order valence-corrected chi connectivity index (χ0v) is 14.1. The molecule has 2 rings (SSSR count). The fourth-order valence-corrected chi connectivity index (χ4v) is 3.33. The molecule has 0 spiro atoms. The Kier molecular flexibility index (Phi) is 5.28. The quantitative estimate of drug-likeness (QED) is 0.917. The monoisotopic (exact) mass is 308 g/mol. The molecular weight excluding hydrogens is 284 g/mol. The van der Waals surface area contributed by atoms with Crippen LogP contribution in [-0.4, -0.2) is 29.9 Å². The second kappa shape index (κ2) is 6.80. The lowest BCUT2D eigenvalue weighted by atomic mass is 9.91. The molecule has 3 atom stereocenters. The maximum Gasteiger partial charge on any atom is 0.241 e. The number of rotatable bonds is 3. The molecule has 0 unspecified atom stereocenters. The zero-order valence-electron chi connectivity index (χ0n) is 13.3. The van der Waals surface area contributed by atoms with Crippen molar-refractivity contribution in [3.05, 3.63) is 28.8 Å². The van der Waals surface area contributed by atoms with Crippen molar-refractivity contribution in [3.63, 3.8) is 0 Å². The van der Waals surface area contributed by atoms with Gasteiger partial charge in [-0.2, -0.15) is 0 Å². The van der Waals surface area contributed by atoms with Gasteiger partial charge in [0, 0.05) is 23.8 Å². The second-order valence-electron chi connectivity index (χ2n) is 6.52. The predicted molar refractivity (Wildman–Crippen MR) is 88.8 cm³/mol. The summed E-state index contributed by atoms with van der Waals surface area (Å²) in [7, 11) is 0. The highest BCUT2D eigenvalue weighted by molar-refractivity contribution is 6.31. The van der Waals surface area contributed by atoms with Crippen LogP contribution in [0.5, 0.6) is 0 Å². The van der Waals surface area contributed by atoms with Crippen LogP contribution in [0, 0.1) is 18.8 Å². The Hall–Kier alpha value is -1.06. The van der Waals surface area contributed by atoms with Crippen molar-refractivity contribution in [2.24, 2.45) is 11.8 Å². The van der Waals surface area contributed by atoms with E-state index in [2.05, 4.69) is 24.1 Å². The maximum absolute atomic E-state index is 12.5. The lowest BCUT2D eigenvalue weighted by Gasteiger charge is -2.38. The molecule has 1 aliphatic rings. The van der Waals surface area contributed by atoms with Crippen molar-refractivity contribution in [1.82, 2.24) is 4.90 Å². The van der Waals surface area contributed by atoms with Crippen molar-refractivity contribution in [2.75, 3.05) is 18.4 Å². The predicted octanol–water partition coefficient (Wildman–Crippen LogP) is 3.95. The Morgan fingerprint density at radius 1 is 1.33 bits per heavy atom. The van der Waals surface area contributed by atoms with Crippen LogP contribution in [0.1, 0.15) is 32.8 Å². The summed E-state index contributed by atoms with van der Waals surface area (Å²) >= 11 is 6.01. The van der Waals surface area contributed by atoms with Gasteiger partial charge < -0.3 is 5.32 Å². The summed E-state index contributed by atoms with van der Waals surface area (Å²) in [5.74, 6) is 1.34. The number of anilines is 1. The molecule has 4 heteroatoms. The van der Waals surface area contributed by atoms with Gasteiger partial charge in [-0.1, -0.05) is 31.5 Å².